The smallest absolute Gasteiger partial charge is 0.196 e. The fourth-order valence-corrected chi connectivity index (χ4v) is 2.72. The van der Waals surface area contributed by atoms with Gasteiger partial charge in [0.1, 0.15) is 0 Å². The van der Waals surface area contributed by atoms with Gasteiger partial charge in [-0.2, -0.15) is 0 Å². The van der Waals surface area contributed by atoms with Crippen molar-refractivity contribution in [2.45, 2.75) is 27.7 Å². The molecule has 0 N–H and O–H groups in total. The zero-order chi connectivity index (χ0) is 18.7. The van der Waals surface area contributed by atoms with Gasteiger partial charge in [-0.25, -0.2) is 0 Å². The van der Waals surface area contributed by atoms with Crippen LogP contribution in [0.25, 0.3) is 0 Å². The zero-order valence-corrected chi connectivity index (χ0v) is 15.5. The molecule has 0 aliphatic heterocycles. The number of ketones is 1. The van der Waals surface area contributed by atoms with E-state index in [-0.39, 0.29) is 5.78 Å². The highest BCUT2D eigenvalue weighted by molar-refractivity contribution is 6.11. The highest BCUT2D eigenvalue weighted by Crippen LogP contribution is 2.30. The molecule has 3 heteroatoms. The number of hydrogen-bond donors (Lipinski definition) is 0. The molecule has 0 aromatic heterocycles. The molecule has 0 radical (unpaired) electrons. The second kappa shape index (κ2) is 7.44. The minimum Gasteiger partial charge on any atom is -0.290 e. The molecule has 0 amide bonds. The Morgan fingerprint density at radius 2 is 1.38 bits per heavy atom. The molecule has 3 nitrogen and oxygen atoms in total. The summed E-state index contributed by atoms with van der Waals surface area (Å²) in [4.78, 5) is 24.2. The summed E-state index contributed by atoms with van der Waals surface area (Å²) < 4.78 is 0. The average Bonchev–Trinajstić information content (AvgIpc) is 2.66. The van der Waals surface area contributed by atoms with Crippen molar-refractivity contribution in [3.63, 3.8) is 0 Å². The van der Waals surface area contributed by atoms with Crippen LogP contribution in [0.1, 0.15) is 38.2 Å². The van der Waals surface area contributed by atoms with Crippen LogP contribution in [0, 0.1) is 27.7 Å². The van der Waals surface area contributed by atoms with Crippen LogP contribution in [0.2, 0.25) is 0 Å². The van der Waals surface area contributed by atoms with Gasteiger partial charge in [-0.1, -0.05) is 48.5 Å². The van der Waals surface area contributed by atoms with Gasteiger partial charge in [0.25, 0.3) is 0 Å². The van der Waals surface area contributed by atoms with Gasteiger partial charge < -0.3 is 0 Å². The summed E-state index contributed by atoms with van der Waals surface area (Å²) in [5, 5.41) is 0. The third kappa shape index (κ3) is 3.47. The van der Waals surface area contributed by atoms with Crippen LogP contribution in [0.3, 0.4) is 0 Å². The van der Waals surface area contributed by atoms with Crippen molar-refractivity contribution in [1.82, 2.24) is 0 Å². The van der Waals surface area contributed by atoms with Crippen LogP contribution in [0.15, 0.2) is 60.7 Å². The highest BCUT2D eigenvalue weighted by atomic mass is 17.2. The maximum absolute atomic E-state index is 12.9. The van der Waals surface area contributed by atoms with Gasteiger partial charge in [0, 0.05) is 11.1 Å². The molecule has 0 saturated heterocycles. The molecule has 0 aliphatic carbocycles. The summed E-state index contributed by atoms with van der Waals surface area (Å²) in [6.07, 6.45) is 0. The van der Waals surface area contributed by atoms with E-state index in [0.29, 0.717) is 22.6 Å². The minimum atomic E-state index is -0.0896. The van der Waals surface area contributed by atoms with Crippen molar-refractivity contribution >= 4 is 5.78 Å². The molecule has 0 fully saturated rings. The molecule has 0 aliphatic rings. The van der Waals surface area contributed by atoms with Gasteiger partial charge >= 0.3 is 0 Å². The van der Waals surface area contributed by atoms with E-state index in [0.717, 1.165) is 22.3 Å². The van der Waals surface area contributed by atoms with Crippen molar-refractivity contribution in [2.75, 3.05) is 0 Å². The molecule has 0 bridgehead atoms. The summed E-state index contributed by atoms with van der Waals surface area (Å²) in [6, 6.07) is 18.7. The Kier molecular flexibility index (Phi) is 5.08. The zero-order valence-electron chi connectivity index (χ0n) is 15.5. The van der Waals surface area contributed by atoms with E-state index >= 15 is 0 Å². The first kappa shape index (κ1) is 17.7. The van der Waals surface area contributed by atoms with Gasteiger partial charge in [-0.05, 0) is 56.5 Å². The molecule has 0 atom stereocenters. The second-order valence-electron chi connectivity index (χ2n) is 6.44. The fraction of sp³-hybridized carbons (Fsp3) is 0.174. The Labute approximate surface area is 154 Å². The van der Waals surface area contributed by atoms with Crippen LogP contribution >= 0.6 is 0 Å². The minimum absolute atomic E-state index is 0.0896. The van der Waals surface area contributed by atoms with Gasteiger partial charge in [0.15, 0.2) is 17.3 Å². The monoisotopic (exact) mass is 346 g/mol. The van der Waals surface area contributed by atoms with E-state index in [9.17, 15) is 4.79 Å². The molecule has 26 heavy (non-hydrogen) atoms. The molecular weight excluding hydrogens is 324 g/mol. The summed E-state index contributed by atoms with van der Waals surface area (Å²) >= 11 is 0. The Morgan fingerprint density at radius 3 is 2.12 bits per heavy atom. The standard InChI is InChI=1S/C23H22O3/c1-15-9-8-12-21(17(15)3)25-26-23-18(4)16(2)13-14-20(23)22(24)19-10-6-5-7-11-19/h5-14H,1-4H3. The lowest BCUT2D eigenvalue weighted by Crippen LogP contribution is -2.10. The van der Waals surface area contributed by atoms with E-state index in [2.05, 4.69) is 0 Å². The fourth-order valence-electron chi connectivity index (χ4n) is 2.72. The number of aryl methyl sites for hydroxylation is 2. The quantitative estimate of drug-likeness (QED) is 0.346. The number of hydrogen-bond acceptors (Lipinski definition) is 3. The summed E-state index contributed by atoms with van der Waals surface area (Å²) in [5.41, 5.74) is 5.16. The maximum Gasteiger partial charge on any atom is 0.196 e. The largest absolute Gasteiger partial charge is 0.290 e. The summed E-state index contributed by atoms with van der Waals surface area (Å²) in [7, 11) is 0. The van der Waals surface area contributed by atoms with Crippen molar-refractivity contribution in [3.8, 4) is 11.5 Å². The molecule has 0 unspecified atom stereocenters. The molecule has 3 rings (SSSR count). The van der Waals surface area contributed by atoms with E-state index < -0.39 is 0 Å². The van der Waals surface area contributed by atoms with Gasteiger partial charge in [0.05, 0.1) is 5.56 Å². The number of carbonyl (C=O) groups excluding carboxylic acids is 1. The van der Waals surface area contributed by atoms with E-state index in [1.807, 2.05) is 70.2 Å². The topological polar surface area (TPSA) is 35.5 Å². The van der Waals surface area contributed by atoms with Crippen LogP contribution in [0.4, 0.5) is 0 Å². The van der Waals surface area contributed by atoms with Crippen molar-refractivity contribution in [1.29, 1.82) is 0 Å². The second-order valence-corrected chi connectivity index (χ2v) is 6.44. The highest BCUT2D eigenvalue weighted by Gasteiger charge is 2.19. The molecule has 0 saturated carbocycles. The maximum atomic E-state index is 12.9. The Balaban J connectivity index is 1.97. The normalized spacial score (nSPS) is 10.5. The van der Waals surface area contributed by atoms with Crippen molar-refractivity contribution < 1.29 is 14.6 Å². The van der Waals surface area contributed by atoms with Crippen molar-refractivity contribution in [3.05, 3.63) is 94.0 Å². The molecule has 3 aromatic rings. The summed E-state index contributed by atoms with van der Waals surface area (Å²) in [6.45, 7) is 7.91. The Morgan fingerprint density at radius 1 is 0.692 bits per heavy atom. The third-order valence-electron chi connectivity index (χ3n) is 4.73. The van der Waals surface area contributed by atoms with E-state index in [1.165, 1.54) is 0 Å². The number of benzene rings is 3. The van der Waals surface area contributed by atoms with Crippen LogP contribution in [-0.2, 0) is 0 Å². The first-order valence-electron chi connectivity index (χ1n) is 8.59. The lowest BCUT2D eigenvalue weighted by molar-refractivity contribution is -0.102. The predicted octanol–water partition coefficient (Wildman–Crippen LogP) is 5.52. The van der Waals surface area contributed by atoms with Gasteiger partial charge in [0.2, 0.25) is 0 Å². The molecular formula is C23H22O3. The van der Waals surface area contributed by atoms with Crippen LogP contribution in [0.5, 0.6) is 11.5 Å². The number of rotatable bonds is 5. The van der Waals surface area contributed by atoms with Crippen molar-refractivity contribution in [2.24, 2.45) is 0 Å². The lowest BCUT2D eigenvalue weighted by Gasteiger charge is -2.15. The molecule has 132 valence electrons. The Bertz CT molecular complexity index is 943. The molecule has 3 aromatic carbocycles. The van der Waals surface area contributed by atoms with Gasteiger partial charge in [-0.3, -0.25) is 14.6 Å². The predicted molar refractivity (Wildman–Crippen MR) is 103 cm³/mol. The first-order valence-corrected chi connectivity index (χ1v) is 8.59. The van der Waals surface area contributed by atoms with Gasteiger partial charge in [-0.15, -0.1) is 0 Å². The lowest BCUT2D eigenvalue weighted by atomic mass is 9.98. The average molecular weight is 346 g/mol. The SMILES string of the molecule is Cc1cccc(OOc2c(C(=O)c3ccccc3)ccc(C)c2C)c1C. The molecule has 0 spiro atoms. The van der Waals surface area contributed by atoms with E-state index in [4.69, 9.17) is 9.78 Å². The first-order chi connectivity index (χ1) is 12.5. The summed E-state index contributed by atoms with van der Waals surface area (Å²) in [5.74, 6) is 1.01. The Hall–Kier alpha value is -3.07. The molecule has 0 heterocycles. The van der Waals surface area contributed by atoms with Crippen LogP contribution < -0.4 is 9.78 Å². The number of carbonyl (C=O) groups is 1. The van der Waals surface area contributed by atoms with Crippen LogP contribution in [-0.4, -0.2) is 5.78 Å². The third-order valence-corrected chi connectivity index (χ3v) is 4.73. The van der Waals surface area contributed by atoms with E-state index in [1.54, 1.807) is 18.2 Å².